The first kappa shape index (κ1) is 28.6. The molecule has 0 saturated heterocycles. The number of carbonyl (C=O) groups excluding carboxylic acids is 2. The number of anilines is 1. The van der Waals surface area contributed by atoms with Crippen LogP contribution < -0.4 is 10.6 Å². The summed E-state index contributed by atoms with van der Waals surface area (Å²) in [6.45, 7) is 2.00. The van der Waals surface area contributed by atoms with E-state index in [2.05, 4.69) is 20.7 Å². The highest BCUT2D eigenvalue weighted by atomic mass is 35.5. The number of aryl methyl sites for hydroxylation is 1. The second-order valence-electron chi connectivity index (χ2n) is 9.59. The van der Waals surface area contributed by atoms with Gasteiger partial charge in [-0.1, -0.05) is 54.9 Å². The molecule has 1 aliphatic rings. The van der Waals surface area contributed by atoms with Crippen LogP contribution in [-0.2, 0) is 23.8 Å². The van der Waals surface area contributed by atoms with Crippen LogP contribution in [0.4, 0.5) is 18.9 Å². The summed E-state index contributed by atoms with van der Waals surface area (Å²) in [7, 11) is 0. The number of pyridine rings is 1. The average molecular weight is 602 g/mol. The molecule has 3 atom stereocenters. The number of rotatable bonds is 6. The summed E-state index contributed by atoms with van der Waals surface area (Å²) in [6, 6.07) is 17.2. The zero-order valence-electron chi connectivity index (χ0n) is 21.6. The van der Waals surface area contributed by atoms with E-state index < -0.39 is 40.8 Å². The largest absolute Gasteiger partial charge is 0.435 e. The van der Waals surface area contributed by atoms with E-state index in [1.165, 1.54) is 18.3 Å². The zero-order chi connectivity index (χ0) is 29.3. The molecule has 41 heavy (non-hydrogen) atoms. The van der Waals surface area contributed by atoms with Gasteiger partial charge in [0.05, 0.1) is 22.4 Å². The Bertz CT molecular complexity index is 1610. The Hall–Kier alpha value is -3.89. The lowest BCUT2D eigenvalue weighted by Gasteiger charge is -2.36. The molecular formula is C29H24Cl2F3N5O2. The van der Waals surface area contributed by atoms with E-state index in [0.29, 0.717) is 17.3 Å². The van der Waals surface area contributed by atoms with Crippen molar-refractivity contribution in [2.75, 3.05) is 5.32 Å². The standard InChI is InChI=1S/C29H24Cl2F3N5O2/c1-2-16-7-5-9-18(13-16)36-27(40)20-14-17-8-3-4-10-19(17)24(31)25(20)37-28(41)22-15-23(29(32,33)34)38-39(22)26-21(30)11-6-12-35-26/h3-13,15,20,24-25H,2,14H2,1H3,(H,36,40)(H,37,41)/t20?,24-,25?/m1/s1. The predicted molar refractivity (Wildman–Crippen MR) is 149 cm³/mol. The van der Waals surface area contributed by atoms with Gasteiger partial charge >= 0.3 is 6.18 Å². The zero-order valence-corrected chi connectivity index (χ0v) is 23.1. The van der Waals surface area contributed by atoms with Gasteiger partial charge in [0.2, 0.25) is 5.91 Å². The molecule has 2 heterocycles. The maximum Gasteiger partial charge on any atom is 0.435 e. The third-order valence-electron chi connectivity index (χ3n) is 6.95. The molecule has 212 valence electrons. The number of hydrogen-bond donors (Lipinski definition) is 2. The highest BCUT2D eigenvalue weighted by molar-refractivity contribution is 6.32. The van der Waals surface area contributed by atoms with Gasteiger partial charge in [0, 0.05) is 18.0 Å². The van der Waals surface area contributed by atoms with E-state index in [1.807, 2.05) is 37.3 Å². The molecule has 7 nitrogen and oxygen atoms in total. The monoisotopic (exact) mass is 601 g/mol. The molecule has 12 heteroatoms. The fourth-order valence-electron chi connectivity index (χ4n) is 4.89. The number of nitrogens with one attached hydrogen (secondary N) is 2. The van der Waals surface area contributed by atoms with Gasteiger partial charge in [-0.05, 0) is 53.8 Å². The van der Waals surface area contributed by atoms with Crippen molar-refractivity contribution >= 4 is 40.7 Å². The van der Waals surface area contributed by atoms with Crippen molar-refractivity contribution in [2.24, 2.45) is 5.92 Å². The fraction of sp³-hybridized carbons (Fsp3) is 0.241. The van der Waals surface area contributed by atoms with Crippen molar-refractivity contribution in [1.29, 1.82) is 0 Å². The Morgan fingerprint density at radius 2 is 1.85 bits per heavy atom. The van der Waals surface area contributed by atoms with Crippen molar-refractivity contribution < 1.29 is 22.8 Å². The van der Waals surface area contributed by atoms with Gasteiger partial charge in [-0.3, -0.25) is 9.59 Å². The first-order chi connectivity index (χ1) is 19.6. The molecule has 0 radical (unpaired) electrons. The first-order valence-electron chi connectivity index (χ1n) is 12.8. The van der Waals surface area contributed by atoms with Crippen LogP contribution in [0.2, 0.25) is 5.02 Å². The Labute approximate surface area is 243 Å². The molecule has 0 aliphatic heterocycles. The summed E-state index contributed by atoms with van der Waals surface area (Å²) in [5.74, 6) is -2.30. The second-order valence-corrected chi connectivity index (χ2v) is 10.5. The summed E-state index contributed by atoms with van der Waals surface area (Å²) < 4.78 is 41.7. The Morgan fingerprint density at radius 3 is 2.59 bits per heavy atom. The van der Waals surface area contributed by atoms with Crippen LogP contribution in [-0.4, -0.2) is 32.6 Å². The average Bonchev–Trinajstić information content (AvgIpc) is 3.41. The Kier molecular flexibility index (Phi) is 8.06. The topological polar surface area (TPSA) is 88.9 Å². The van der Waals surface area contributed by atoms with Crippen molar-refractivity contribution in [1.82, 2.24) is 20.1 Å². The maximum atomic E-state index is 13.6. The molecule has 0 saturated carbocycles. The smallest absolute Gasteiger partial charge is 0.345 e. The number of halogens is 5. The van der Waals surface area contributed by atoms with Crippen molar-refractivity contribution in [3.63, 3.8) is 0 Å². The van der Waals surface area contributed by atoms with Crippen LogP contribution in [0.5, 0.6) is 0 Å². The summed E-state index contributed by atoms with van der Waals surface area (Å²) in [5, 5.41) is 8.36. The van der Waals surface area contributed by atoms with Gasteiger partial charge < -0.3 is 10.6 Å². The van der Waals surface area contributed by atoms with Crippen molar-refractivity contribution in [3.8, 4) is 5.82 Å². The van der Waals surface area contributed by atoms with Crippen LogP contribution in [0.3, 0.4) is 0 Å². The molecule has 2 aromatic carbocycles. The number of benzene rings is 2. The molecule has 5 rings (SSSR count). The van der Waals surface area contributed by atoms with E-state index in [0.717, 1.165) is 22.2 Å². The molecule has 4 aromatic rings. The van der Waals surface area contributed by atoms with Crippen LogP contribution in [0.15, 0.2) is 72.9 Å². The molecule has 1 aliphatic carbocycles. The molecule has 2 N–H and O–H groups in total. The number of nitrogens with zero attached hydrogens (tertiary/aromatic N) is 3. The highest BCUT2D eigenvalue weighted by Crippen LogP contribution is 2.39. The van der Waals surface area contributed by atoms with E-state index in [9.17, 15) is 22.8 Å². The molecule has 0 spiro atoms. The molecule has 0 bridgehead atoms. The Morgan fingerprint density at radius 1 is 1.07 bits per heavy atom. The van der Waals surface area contributed by atoms with Gasteiger partial charge in [-0.15, -0.1) is 11.6 Å². The number of carbonyl (C=O) groups is 2. The lowest BCUT2D eigenvalue weighted by atomic mass is 9.79. The molecule has 0 fully saturated rings. The quantitative estimate of drug-likeness (QED) is 0.251. The summed E-state index contributed by atoms with van der Waals surface area (Å²) in [4.78, 5) is 31.2. The maximum absolute atomic E-state index is 13.6. The van der Waals surface area contributed by atoms with Gasteiger partial charge in [0.1, 0.15) is 5.69 Å². The lowest BCUT2D eigenvalue weighted by Crippen LogP contribution is -2.50. The van der Waals surface area contributed by atoms with Crippen LogP contribution in [0, 0.1) is 5.92 Å². The van der Waals surface area contributed by atoms with E-state index >= 15 is 0 Å². The number of alkyl halides is 4. The normalized spacial score (nSPS) is 18.4. The van der Waals surface area contributed by atoms with Crippen LogP contribution in [0.1, 0.15) is 45.2 Å². The molecular weight excluding hydrogens is 578 g/mol. The molecule has 2 aromatic heterocycles. The molecule has 2 unspecified atom stereocenters. The van der Waals surface area contributed by atoms with Gasteiger partial charge in [-0.25, -0.2) is 9.67 Å². The number of fused-ring (bicyclic) bond motifs is 1. The first-order valence-corrected chi connectivity index (χ1v) is 13.6. The highest BCUT2D eigenvalue weighted by Gasteiger charge is 2.42. The summed E-state index contributed by atoms with van der Waals surface area (Å²) in [6.07, 6.45) is -2.49. The minimum Gasteiger partial charge on any atom is -0.345 e. The van der Waals surface area contributed by atoms with Crippen LogP contribution >= 0.6 is 23.2 Å². The number of hydrogen-bond acceptors (Lipinski definition) is 4. The minimum atomic E-state index is -4.84. The molecule has 2 amide bonds. The summed E-state index contributed by atoms with van der Waals surface area (Å²) in [5.41, 5.74) is 1.40. The fourth-order valence-corrected chi connectivity index (χ4v) is 5.54. The van der Waals surface area contributed by atoms with Gasteiger partial charge in [0.25, 0.3) is 5.91 Å². The van der Waals surface area contributed by atoms with Gasteiger partial charge in [0.15, 0.2) is 11.5 Å². The third-order valence-corrected chi connectivity index (χ3v) is 7.75. The van der Waals surface area contributed by atoms with Crippen LogP contribution in [0.25, 0.3) is 5.82 Å². The Balaban J connectivity index is 1.51. The van der Waals surface area contributed by atoms with E-state index in [1.54, 1.807) is 18.2 Å². The van der Waals surface area contributed by atoms with E-state index in [-0.39, 0.29) is 23.2 Å². The summed E-state index contributed by atoms with van der Waals surface area (Å²) >= 11 is 13.0. The number of aromatic nitrogens is 3. The van der Waals surface area contributed by atoms with Gasteiger partial charge in [-0.2, -0.15) is 18.3 Å². The van der Waals surface area contributed by atoms with E-state index in [4.69, 9.17) is 23.2 Å². The number of amides is 2. The predicted octanol–water partition coefficient (Wildman–Crippen LogP) is 6.39. The van der Waals surface area contributed by atoms with Crippen molar-refractivity contribution in [2.45, 2.75) is 37.4 Å². The SMILES string of the molecule is CCc1cccc(NC(=O)C2Cc3ccccc3[C@@H](Cl)C2NC(=O)c2cc(C(F)(F)F)nn2-c2ncccc2Cl)c1. The van der Waals surface area contributed by atoms with Crippen molar-refractivity contribution in [3.05, 3.63) is 106 Å². The lowest BCUT2D eigenvalue weighted by molar-refractivity contribution is -0.141. The second kappa shape index (κ2) is 11.5. The third kappa shape index (κ3) is 5.94. The minimum absolute atomic E-state index is 0.00764.